The average Bonchev–Trinajstić information content (AvgIpc) is 2.67. The lowest BCUT2D eigenvalue weighted by Crippen LogP contribution is -2.40. The molecule has 1 saturated heterocycles. The van der Waals surface area contributed by atoms with E-state index in [4.69, 9.17) is 16.3 Å². The van der Waals surface area contributed by atoms with Gasteiger partial charge in [-0.05, 0) is 42.7 Å². The highest BCUT2D eigenvalue weighted by Gasteiger charge is 2.34. The van der Waals surface area contributed by atoms with Gasteiger partial charge in [-0.25, -0.2) is 4.79 Å². The molecule has 0 atom stereocenters. The summed E-state index contributed by atoms with van der Waals surface area (Å²) in [5.41, 5.74) is 1.37. The fourth-order valence-corrected chi connectivity index (χ4v) is 3.16. The van der Waals surface area contributed by atoms with Crippen molar-refractivity contribution in [1.29, 1.82) is 0 Å². The summed E-state index contributed by atoms with van der Waals surface area (Å²) in [4.78, 5) is 11.4. The summed E-state index contributed by atoms with van der Waals surface area (Å²) in [6, 6.07) is 11.3. The Bertz CT molecular complexity index is 713. The van der Waals surface area contributed by atoms with Crippen LogP contribution >= 0.6 is 11.6 Å². The minimum Gasteiger partial charge on any atom is -0.464 e. The molecule has 3 rings (SSSR count). The summed E-state index contributed by atoms with van der Waals surface area (Å²) in [6.45, 7) is 2.14. The highest BCUT2D eigenvalue weighted by molar-refractivity contribution is 6.30. The molecule has 1 aromatic heterocycles. The Morgan fingerprint density at radius 2 is 1.92 bits per heavy atom. The average molecular weight is 362 g/mol. The summed E-state index contributed by atoms with van der Waals surface area (Å²) >= 11 is 6.02. The maximum Gasteiger partial charge on any atom is 0.358 e. The van der Waals surface area contributed by atoms with E-state index in [2.05, 4.69) is 32.4 Å². The minimum absolute atomic E-state index is 0.0501. The lowest BCUT2D eigenvalue weighted by atomic mass is 9.74. The van der Waals surface area contributed by atoms with E-state index in [1.165, 1.54) is 12.7 Å². The molecule has 0 aliphatic carbocycles. The van der Waals surface area contributed by atoms with Crippen LogP contribution < -0.4 is 5.32 Å². The van der Waals surface area contributed by atoms with Crippen LogP contribution in [-0.4, -0.2) is 43.0 Å². The fraction of sp³-hybridized carbons (Fsp3) is 0.389. The van der Waals surface area contributed by atoms with Crippen LogP contribution in [0.25, 0.3) is 0 Å². The number of nitrogens with zero attached hydrogens (tertiary/aromatic N) is 2. The van der Waals surface area contributed by atoms with Crippen LogP contribution in [0.4, 0.5) is 5.82 Å². The zero-order valence-electron chi connectivity index (χ0n) is 14.0. The monoisotopic (exact) mass is 361 g/mol. The van der Waals surface area contributed by atoms with Crippen molar-refractivity contribution < 1.29 is 14.3 Å². The van der Waals surface area contributed by atoms with Crippen molar-refractivity contribution in [2.24, 2.45) is 0 Å². The molecule has 0 bridgehead atoms. The van der Waals surface area contributed by atoms with Gasteiger partial charge >= 0.3 is 5.97 Å². The second-order valence-electron chi connectivity index (χ2n) is 6.05. The van der Waals surface area contributed by atoms with E-state index >= 15 is 0 Å². The van der Waals surface area contributed by atoms with Crippen LogP contribution in [0.2, 0.25) is 5.02 Å². The third-order valence-corrected chi connectivity index (χ3v) is 4.83. The molecule has 6 nitrogen and oxygen atoms in total. The number of anilines is 1. The number of halogens is 1. The van der Waals surface area contributed by atoms with Crippen molar-refractivity contribution in [3.05, 3.63) is 52.7 Å². The van der Waals surface area contributed by atoms with Crippen LogP contribution in [-0.2, 0) is 14.9 Å². The van der Waals surface area contributed by atoms with Gasteiger partial charge in [-0.3, -0.25) is 0 Å². The molecule has 2 aromatic rings. The molecule has 0 saturated carbocycles. The summed E-state index contributed by atoms with van der Waals surface area (Å²) in [6.07, 6.45) is 1.82. The molecular formula is C18H20ClN3O3. The van der Waals surface area contributed by atoms with Gasteiger partial charge in [0.1, 0.15) is 5.82 Å². The number of nitrogens with one attached hydrogen (secondary N) is 1. The van der Waals surface area contributed by atoms with Crippen molar-refractivity contribution in [2.75, 3.05) is 32.2 Å². The third-order valence-electron chi connectivity index (χ3n) is 4.57. The molecule has 7 heteroatoms. The van der Waals surface area contributed by atoms with E-state index in [1.54, 1.807) is 12.1 Å². The highest BCUT2D eigenvalue weighted by Crippen LogP contribution is 2.35. The first kappa shape index (κ1) is 17.6. The zero-order valence-corrected chi connectivity index (χ0v) is 14.8. The zero-order chi connectivity index (χ0) is 17.7. The van der Waals surface area contributed by atoms with Crippen LogP contribution in [0.3, 0.4) is 0 Å². The Morgan fingerprint density at radius 1 is 1.20 bits per heavy atom. The topological polar surface area (TPSA) is 73.3 Å². The van der Waals surface area contributed by atoms with Gasteiger partial charge in [-0.15, -0.1) is 10.2 Å². The van der Waals surface area contributed by atoms with Gasteiger partial charge in [0.25, 0.3) is 0 Å². The van der Waals surface area contributed by atoms with Gasteiger partial charge in [-0.2, -0.15) is 0 Å². The fourth-order valence-electron chi connectivity index (χ4n) is 3.03. The summed E-state index contributed by atoms with van der Waals surface area (Å²) in [5.74, 6) is 0.119. The number of ether oxygens (including phenoxy) is 2. The van der Waals surface area contributed by atoms with Crippen molar-refractivity contribution >= 4 is 23.4 Å². The van der Waals surface area contributed by atoms with Gasteiger partial charge in [0.15, 0.2) is 5.69 Å². The smallest absolute Gasteiger partial charge is 0.358 e. The predicted octanol–water partition coefficient (Wildman–Crippen LogP) is 3.08. The molecule has 1 aromatic carbocycles. The number of hydrogen-bond acceptors (Lipinski definition) is 6. The van der Waals surface area contributed by atoms with Crippen molar-refractivity contribution in [3.63, 3.8) is 0 Å². The maximum absolute atomic E-state index is 11.4. The van der Waals surface area contributed by atoms with Crippen molar-refractivity contribution in [3.8, 4) is 0 Å². The summed E-state index contributed by atoms with van der Waals surface area (Å²) < 4.78 is 10.2. The van der Waals surface area contributed by atoms with E-state index in [1.807, 2.05) is 12.1 Å². The number of carbonyl (C=O) groups excluding carboxylic acids is 1. The van der Waals surface area contributed by atoms with Gasteiger partial charge in [0, 0.05) is 30.2 Å². The molecule has 1 fully saturated rings. The van der Waals surface area contributed by atoms with Gasteiger partial charge in [-0.1, -0.05) is 23.7 Å². The molecule has 1 aliphatic heterocycles. The second-order valence-corrected chi connectivity index (χ2v) is 6.48. The Morgan fingerprint density at radius 3 is 2.52 bits per heavy atom. The lowest BCUT2D eigenvalue weighted by molar-refractivity contribution is 0.0543. The maximum atomic E-state index is 11.4. The Labute approximate surface area is 151 Å². The van der Waals surface area contributed by atoms with Gasteiger partial charge in [0.2, 0.25) is 0 Å². The Balaban J connectivity index is 1.75. The molecular weight excluding hydrogens is 342 g/mol. The molecule has 132 valence electrons. The molecule has 1 aliphatic rings. The quantitative estimate of drug-likeness (QED) is 0.825. The van der Waals surface area contributed by atoms with Gasteiger partial charge in [0.05, 0.1) is 7.11 Å². The molecule has 0 radical (unpaired) electrons. The van der Waals surface area contributed by atoms with E-state index in [0.29, 0.717) is 12.4 Å². The number of carbonyl (C=O) groups is 1. The third kappa shape index (κ3) is 4.08. The number of hydrogen-bond donors (Lipinski definition) is 1. The van der Waals surface area contributed by atoms with E-state index in [9.17, 15) is 4.79 Å². The minimum atomic E-state index is -0.499. The van der Waals surface area contributed by atoms with E-state index in [-0.39, 0.29) is 11.1 Å². The molecule has 0 amide bonds. The number of aromatic nitrogens is 2. The number of esters is 1. The number of rotatable bonds is 5. The normalized spacial score (nSPS) is 16.2. The molecule has 0 unspecified atom stereocenters. The first-order valence-electron chi connectivity index (χ1n) is 8.13. The van der Waals surface area contributed by atoms with Crippen LogP contribution in [0.15, 0.2) is 36.4 Å². The van der Waals surface area contributed by atoms with Gasteiger partial charge < -0.3 is 14.8 Å². The summed E-state index contributed by atoms with van der Waals surface area (Å²) in [5, 5.41) is 12.0. The van der Waals surface area contributed by atoms with Crippen LogP contribution in [0, 0.1) is 0 Å². The summed E-state index contributed by atoms with van der Waals surface area (Å²) in [7, 11) is 1.32. The van der Waals surface area contributed by atoms with E-state index in [0.717, 1.165) is 31.1 Å². The SMILES string of the molecule is COC(=O)c1ccc(NCC2(c3ccc(Cl)cc3)CCOCC2)nn1. The van der Waals surface area contributed by atoms with Crippen LogP contribution in [0.1, 0.15) is 28.9 Å². The second kappa shape index (κ2) is 7.80. The first-order chi connectivity index (χ1) is 12.1. The predicted molar refractivity (Wildman–Crippen MR) is 95.0 cm³/mol. The molecule has 25 heavy (non-hydrogen) atoms. The number of methoxy groups -OCH3 is 1. The lowest BCUT2D eigenvalue weighted by Gasteiger charge is -2.38. The van der Waals surface area contributed by atoms with E-state index < -0.39 is 5.97 Å². The Kier molecular flexibility index (Phi) is 5.50. The highest BCUT2D eigenvalue weighted by atomic mass is 35.5. The largest absolute Gasteiger partial charge is 0.464 e. The Hall–Kier alpha value is -2.18. The number of benzene rings is 1. The first-order valence-corrected chi connectivity index (χ1v) is 8.50. The molecule has 1 N–H and O–H groups in total. The molecule has 2 heterocycles. The van der Waals surface area contributed by atoms with Crippen LogP contribution in [0.5, 0.6) is 0 Å². The van der Waals surface area contributed by atoms with Crippen molar-refractivity contribution in [1.82, 2.24) is 10.2 Å². The standard InChI is InChI=1S/C18H20ClN3O3/c1-24-17(23)15-6-7-16(22-21-15)20-12-18(8-10-25-11-9-18)13-2-4-14(19)5-3-13/h2-7H,8-12H2,1H3,(H,20,22). The van der Waals surface area contributed by atoms with Crippen molar-refractivity contribution in [2.45, 2.75) is 18.3 Å². The molecule has 0 spiro atoms.